The quantitative estimate of drug-likeness (QED) is 0.867. The van der Waals surface area contributed by atoms with E-state index in [4.69, 9.17) is 4.74 Å². The fourth-order valence-electron chi connectivity index (χ4n) is 2.72. The van der Waals surface area contributed by atoms with E-state index >= 15 is 0 Å². The average molecular weight is 285 g/mol. The van der Waals surface area contributed by atoms with Crippen molar-refractivity contribution in [2.45, 2.75) is 19.4 Å². The van der Waals surface area contributed by atoms with Crippen LogP contribution in [0, 0.1) is 6.92 Å². The molecule has 5 nitrogen and oxygen atoms in total. The van der Waals surface area contributed by atoms with Gasteiger partial charge in [-0.1, -0.05) is 18.2 Å². The molecule has 1 fully saturated rings. The van der Waals surface area contributed by atoms with Crippen molar-refractivity contribution in [3.05, 3.63) is 47.8 Å². The summed E-state index contributed by atoms with van der Waals surface area (Å²) in [6, 6.07) is 9.84. The van der Waals surface area contributed by atoms with Gasteiger partial charge in [-0.15, -0.1) is 0 Å². The lowest BCUT2D eigenvalue weighted by Crippen LogP contribution is -2.30. The first-order valence-electron chi connectivity index (χ1n) is 7.13. The van der Waals surface area contributed by atoms with Crippen LogP contribution in [0.25, 0.3) is 5.69 Å². The molecule has 1 atom stereocenters. The van der Waals surface area contributed by atoms with Crippen molar-refractivity contribution < 1.29 is 9.53 Å². The number of benzene rings is 1. The molecular weight excluding hydrogens is 266 g/mol. The van der Waals surface area contributed by atoms with Gasteiger partial charge in [-0.3, -0.25) is 4.79 Å². The normalized spacial score (nSPS) is 18.2. The van der Waals surface area contributed by atoms with E-state index in [1.165, 1.54) is 0 Å². The van der Waals surface area contributed by atoms with Gasteiger partial charge in [0.25, 0.3) is 5.91 Å². The third-order valence-corrected chi connectivity index (χ3v) is 4.01. The molecule has 1 amide bonds. The van der Waals surface area contributed by atoms with Crippen LogP contribution in [-0.4, -0.2) is 46.9 Å². The second-order valence-corrected chi connectivity index (χ2v) is 5.29. The van der Waals surface area contributed by atoms with Gasteiger partial charge in [0.15, 0.2) is 0 Å². The van der Waals surface area contributed by atoms with Crippen molar-refractivity contribution in [1.29, 1.82) is 0 Å². The fourth-order valence-corrected chi connectivity index (χ4v) is 2.72. The zero-order valence-electron chi connectivity index (χ0n) is 12.3. The molecule has 1 unspecified atom stereocenters. The summed E-state index contributed by atoms with van der Waals surface area (Å²) in [6.45, 7) is 3.33. The van der Waals surface area contributed by atoms with Crippen LogP contribution in [0.3, 0.4) is 0 Å². The summed E-state index contributed by atoms with van der Waals surface area (Å²) in [4.78, 5) is 14.4. The molecule has 21 heavy (non-hydrogen) atoms. The second-order valence-electron chi connectivity index (χ2n) is 5.29. The molecule has 0 bridgehead atoms. The van der Waals surface area contributed by atoms with Crippen LogP contribution in [0.2, 0.25) is 0 Å². The molecule has 1 aliphatic heterocycles. The number of amides is 1. The van der Waals surface area contributed by atoms with Crippen LogP contribution >= 0.6 is 0 Å². The van der Waals surface area contributed by atoms with E-state index in [9.17, 15) is 4.79 Å². The minimum Gasteiger partial charge on any atom is -0.380 e. The number of nitrogens with zero attached hydrogens (tertiary/aromatic N) is 3. The lowest BCUT2D eigenvalue weighted by Gasteiger charge is -2.15. The van der Waals surface area contributed by atoms with Crippen LogP contribution in [0.15, 0.2) is 36.5 Å². The molecule has 0 spiro atoms. The monoisotopic (exact) mass is 285 g/mol. The average Bonchev–Trinajstić information content (AvgIpc) is 3.14. The molecular formula is C16H19N3O2. The minimum atomic E-state index is 0.0363. The molecule has 0 aliphatic carbocycles. The van der Waals surface area contributed by atoms with Crippen molar-refractivity contribution >= 4 is 5.91 Å². The maximum atomic E-state index is 12.6. The molecule has 110 valence electrons. The van der Waals surface area contributed by atoms with Gasteiger partial charge < -0.3 is 9.64 Å². The number of para-hydroxylation sites is 1. The van der Waals surface area contributed by atoms with Gasteiger partial charge in [0.05, 0.1) is 29.2 Å². The van der Waals surface area contributed by atoms with Crippen molar-refractivity contribution in [2.75, 3.05) is 20.2 Å². The summed E-state index contributed by atoms with van der Waals surface area (Å²) in [7, 11) is 1.69. The van der Waals surface area contributed by atoms with E-state index < -0.39 is 0 Å². The topological polar surface area (TPSA) is 47.4 Å². The van der Waals surface area contributed by atoms with Crippen molar-refractivity contribution in [2.24, 2.45) is 0 Å². The summed E-state index contributed by atoms with van der Waals surface area (Å²) in [6.07, 6.45) is 2.71. The lowest BCUT2D eigenvalue weighted by atomic mass is 10.2. The van der Waals surface area contributed by atoms with Gasteiger partial charge in [-0.05, 0) is 25.5 Å². The molecule has 0 saturated carbocycles. The van der Waals surface area contributed by atoms with Crippen LogP contribution in [-0.2, 0) is 4.74 Å². The first-order chi connectivity index (χ1) is 10.2. The van der Waals surface area contributed by atoms with Gasteiger partial charge in [-0.2, -0.15) is 5.10 Å². The van der Waals surface area contributed by atoms with E-state index in [0.717, 1.165) is 24.3 Å². The predicted octanol–water partition coefficient (Wildman–Crippen LogP) is 2.04. The van der Waals surface area contributed by atoms with Gasteiger partial charge in [0.1, 0.15) is 0 Å². The fraction of sp³-hybridized carbons (Fsp3) is 0.375. The van der Waals surface area contributed by atoms with Gasteiger partial charge >= 0.3 is 0 Å². The Morgan fingerprint density at radius 2 is 2.10 bits per heavy atom. The summed E-state index contributed by atoms with van der Waals surface area (Å²) < 4.78 is 7.12. The molecule has 1 aliphatic rings. The Morgan fingerprint density at radius 3 is 2.76 bits per heavy atom. The Kier molecular flexibility index (Phi) is 3.75. The van der Waals surface area contributed by atoms with Crippen molar-refractivity contribution in [1.82, 2.24) is 14.7 Å². The summed E-state index contributed by atoms with van der Waals surface area (Å²) in [5.74, 6) is 0.0363. The zero-order chi connectivity index (χ0) is 14.8. The number of carbonyl (C=O) groups excluding carboxylic acids is 1. The van der Waals surface area contributed by atoms with Gasteiger partial charge in [0.2, 0.25) is 0 Å². The highest BCUT2D eigenvalue weighted by atomic mass is 16.5. The summed E-state index contributed by atoms with van der Waals surface area (Å²) in [5, 5.41) is 4.36. The highest BCUT2D eigenvalue weighted by Crippen LogP contribution is 2.19. The van der Waals surface area contributed by atoms with Crippen molar-refractivity contribution in [3.63, 3.8) is 0 Å². The van der Waals surface area contributed by atoms with Gasteiger partial charge in [-0.25, -0.2) is 4.68 Å². The predicted molar refractivity (Wildman–Crippen MR) is 79.6 cm³/mol. The number of hydrogen-bond donors (Lipinski definition) is 0. The zero-order valence-corrected chi connectivity index (χ0v) is 12.3. The Bertz CT molecular complexity index is 636. The third kappa shape index (κ3) is 2.56. The van der Waals surface area contributed by atoms with Gasteiger partial charge in [0, 0.05) is 20.2 Å². The minimum absolute atomic E-state index is 0.0363. The summed E-state index contributed by atoms with van der Waals surface area (Å²) in [5.41, 5.74) is 2.49. The van der Waals surface area contributed by atoms with E-state index in [-0.39, 0.29) is 12.0 Å². The van der Waals surface area contributed by atoms with E-state index in [0.29, 0.717) is 12.1 Å². The molecule has 1 aromatic heterocycles. The highest BCUT2D eigenvalue weighted by molar-refractivity contribution is 5.95. The van der Waals surface area contributed by atoms with E-state index in [1.54, 1.807) is 18.0 Å². The number of carbonyl (C=O) groups is 1. The number of methoxy groups -OCH3 is 1. The number of hydrogen-bond acceptors (Lipinski definition) is 3. The molecule has 1 aromatic carbocycles. The maximum absolute atomic E-state index is 12.6. The third-order valence-electron chi connectivity index (χ3n) is 4.01. The SMILES string of the molecule is COC1CCN(C(=O)c2cnn(-c3ccccc3)c2C)C1. The highest BCUT2D eigenvalue weighted by Gasteiger charge is 2.28. The number of rotatable bonds is 3. The Hall–Kier alpha value is -2.14. The second kappa shape index (κ2) is 5.69. The lowest BCUT2D eigenvalue weighted by molar-refractivity contribution is 0.0723. The Morgan fingerprint density at radius 1 is 1.33 bits per heavy atom. The van der Waals surface area contributed by atoms with Crippen LogP contribution in [0.4, 0.5) is 0 Å². The van der Waals surface area contributed by atoms with Crippen LogP contribution < -0.4 is 0 Å². The largest absolute Gasteiger partial charge is 0.380 e. The van der Waals surface area contributed by atoms with E-state index in [1.807, 2.05) is 42.2 Å². The molecule has 3 rings (SSSR count). The molecule has 0 radical (unpaired) electrons. The number of ether oxygens (including phenoxy) is 1. The molecule has 5 heteroatoms. The Labute approximate surface area is 124 Å². The molecule has 2 aromatic rings. The smallest absolute Gasteiger partial charge is 0.257 e. The maximum Gasteiger partial charge on any atom is 0.257 e. The van der Waals surface area contributed by atoms with Crippen LogP contribution in [0.5, 0.6) is 0 Å². The van der Waals surface area contributed by atoms with Crippen LogP contribution in [0.1, 0.15) is 22.5 Å². The summed E-state index contributed by atoms with van der Waals surface area (Å²) >= 11 is 0. The number of aromatic nitrogens is 2. The first-order valence-corrected chi connectivity index (χ1v) is 7.13. The van der Waals surface area contributed by atoms with Crippen molar-refractivity contribution in [3.8, 4) is 5.69 Å². The molecule has 1 saturated heterocycles. The molecule has 0 N–H and O–H groups in total. The standard InChI is InChI=1S/C16H19N3O2/c1-12-15(16(20)18-9-8-14(11-18)21-2)10-17-19(12)13-6-4-3-5-7-13/h3-7,10,14H,8-9,11H2,1-2H3. The first kappa shape index (κ1) is 13.8. The molecule has 2 heterocycles. The number of likely N-dealkylation sites (tertiary alicyclic amines) is 1. The van der Waals surface area contributed by atoms with E-state index in [2.05, 4.69) is 5.10 Å². The Balaban J connectivity index is 1.84.